The first-order valence-corrected chi connectivity index (χ1v) is 13.4. The van der Waals surface area contributed by atoms with Crippen LogP contribution in [0.4, 0.5) is 10.5 Å². The normalized spacial score (nSPS) is 20.0. The van der Waals surface area contributed by atoms with Gasteiger partial charge in [0.1, 0.15) is 6.34 Å². The molecule has 1 unspecified atom stereocenters. The lowest BCUT2D eigenvalue weighted by atomic mass is 10.1. The van der Waals surface area contributed by atoms with E-state index in [-0.39, 0.29) is 16.5 Å². The van der Waals surface area contributed by atoms with Crippen LogP contribution in [0.3, 0.4) is 0 Å². The summed E-state index contributed by atoms with van der Waals surface area (Å²) in [5, 5.41) is 9.57. The molecule has 2 amide bonds. The zero-order valence-corrected chi connectivity index (χ0v) is 21.0. The molecule has 1 aliphatic carbocycles. The van der Waals surface area contributed by atoms with Crippen molar-refractivity contribution < 1.29 is 4.79 Å². The Hall–Kier alpha value is -3.55. The SMILES string of the molecule is Cc1ccc(CNC(=O)N2N=CN3C2=CN(c2ccccc2Cl)C=C2C4=C(C=CC4)S(C)=C23)cc1. The lowest BCUT2D eigenvalue weighted by Gasteiger charge is -2.23. The fourth-order valence-corrected chi connectivity index (χ4v) is 6.88. The molecule has 176 valence electrons. The summed E-state index contributed by atoms with van der Waals surface area (Å²) in [6.07, 6.45) is 13.4. The molecule has 1 N–H and O–H groups in total. The Morgan fingerprint density at radius 2 is 1.94 bits per heavy atom. The lowest BCUT2D eigenvalue weighted by molar-refractivity contribution is 0.211. The van der Waals surface area contributed by atoms with Crippen LogP contribution in [0.1, 0.15) is 17.5 Å². The molecular weight excluding hydrogens is 478 g/mol. The van der Waals surface area contributed by atoms with Gasteiger partial charge in [0.05, 0.1) is 21.9 Å². The van der Waals surface area contributed by atoms with Gasteiger partial charge in [-0.1, -0.05) is 65.7 Å². The van der Waals surface area contributed by atoms with E-state index in [4.69, 9.17) is 11.6 Å². The van der Waals surface area contributed by atoms with Crippen LogP contribution in [0.15, 0.2) is 100 Å². The first-order valence-electron chi connectivity index (χ1n) is 11.4. The van der Waals surface area contributed by atoms with E-state index in [0.717, 1.165) is 28.2 Å². The van der Waals surface area contributed by atoms with Crippen molar-refractivity contribution in [3.63, 3.8) is 0 Å². The molecule has 3 heterocycles. The molecule has 0 radical (unpaired) electrons. The zero-order chi connectivity index (χ0) is 24.1. The van der Waals surface area contributed by atoms with Gasteiger partial charge in [0, 0.05) is 23.2 Å². The third-order valence-corrected chi connectivity index (χ3v) is 8.80. The van der Waals surface area contributed by atoms with Gasteiger partial charge in [-0.3, -0.25) is 4.90 Å². The van der Waals surface area contributed by atoms with Crippen molar-refractivity contribution in [2.45, 2.75) is 19.9 Å². The number of hydrazone groups is 1. The maximum Gasteiger partial charge on any atom is 0.344 e. The number of nitrogens with one attached hydrogen (secondary N) is 1. The Morgan fingerprint density at radius 1 is 1.14 bits per heavy atom. The molecule has 6 nitrogen and oxygen atoms in total. The van der Waals surface area contributed by atoms with E-state index in [0.29, 0.717) is 17.4 Å². The number of allylic oxidation sites excluding steroid dienone is 2. The Balaban J connectivity index is 1.37. The number of aryl methyl sites for hydroxylation is 1. The number of benzene rings is 2. The van der Waals surface area contributed by atoms with E-state index in [1.54, 1.807) is 6.34 Å². The third kappa shape index (κ3) is 3.72. The molecule has 35 heavy (non-hydrogen) atoms. The monoisotopic (exact) mass is 501 g/mol. The minimum atomic E-state index is -0.284. The number of amides is 2. The standard InChI is InChI=1S/C27H24ClN5OS/c1-18-10-12-19(13-11-18)14-29-27(34)33-25-16-31(23-8-4-3-7-22(23)28)15-21-20-6-5-9-24(20)35(2)26(21)32(25)17-30-33/h3-5,7-13,15-17H,6,14H2,1-2H3,(H,29,34). The van der Waals surface area contributed by atoms with Crippen LogP contribution in [-0.2, 0) is 6.54 Å². The molecule has 0 fully saturated rings. The Morgan fingerprint density at radius 3 is 2.74 bits per heavy atom. The van der Waals surface area contributed by atoms with Gasteiger partial charge in [-0.05, 0) is 42.9 Å². The number of anilines is 1. The first kappa shape index (κ1) is 21.9. The summed E-state index contributed by atoms with van der Waals surface area (Å²) in [5.41, 5.74) is 5.56. The first-order chi connectivity index (χ1) is 17.0. The number of nitrogens with zero attached hydrogens (tertiary/aromatic N) is 4. The van der Waals surface area contributed by atoms with Crippen molar-refractivity contribution >= 4 is 45.1 Å². The number of hydrogen-bond donors (Lipinski definition) is 1. The molecule has 0 spiro atoms. The quantitative estimate of drug-likeness (QED) is 0.534. The fourth-order valence-electron chi connectivity index (χ4n) is 4.64. The maximum atomic E-state index is 13.3. The van der Waals surface area contributed by atoms with Crippen molar-refractivity contribution in [2.75, 3.05) is 11.2 Å². The molecule has 0 aromatic heterocycles. The average molecular weight is 502 g/mol. The van der Waals surface area contributed by atoms with Gasteiger partial charge >= 0.3 is 6.03 Å². The summed E-state index contributed by atoms with van der Waals surface area (Å²) in [7, 11) is -0.140. The molecular formula is C27H24ClN5OS. The molecule has 8 heteroatoms. The average Bonchev–Trinajstić information content (AvgIpc) is 3.53. The Labute approximate surface area is 212 Å². The van der Waals surface area contributed by atoms with E-state index in [1.165, 1.54) is 21.1 Å². The minimum Gasteiger partial charge on any atom is -0.332 e. The second-order valence-electron chi connectivity index (χ2n) is 8.71. The topological polar surface area (TPSA) is 51.2 Å². The fraction of sp³-hybridized carbons (Fsp3) is 0.148. The highest BCUT2D eigenvalue weighted by molar-refractivity contribution is 8.19. The van der Waals surface area contributed by atoms with Crippen LogP contribution in [0, 0.1) is 6.92 Å². The summed E-state index contributed by atoms with van der Waals surface area (Å²) in [6, 6.07) is 15.6. The summed E-state index contributed by atoms with van der Waals surface area (Å²) in [5.74, 6) is 0.664. The molecule has 6 rings (SSSR count). The number of hydrogen-bond acceptors (Lipinski definition) is 4. The van der Waals surface area contributed by atoms with Gasteiger partial charge in [0.2, 0.25) is 0 Å². The van der Waals surface area contributed by atoms with Crippen molar-refractivity contribution in [3.8, 4) is 0 Å². The van der Waals surface area contributed by atoms with Gasteiger partial charge in [-0.25, -0.2) is 4.79 Å². The molecule has 3 aliphatic heterocycles. The van der Waals surface area contributed by atoms with Crippen LogP contribution < -0.4 is 10.2 Å². The molecule has 1 atom stereocenters. The second kappa shape index (κ2) is 8.59. The zero-order valence-electron chi connectivity index (χ0n) is 19.4. The predicted molar refractivity (Wildman–Crippen MR) is 145 cm³/mol. The van der Waals surface area contributed by atoms with Gasteiger partial charge < -0.3 is 10.2 Å². The van der Waals surface area contributed by atoms with Crippen LogP contribution in [0.25, 0.3) is 0 Å². The van der Waals surface area contributed by atoms with E-state index >= 15 is 0 Å². The van der Waals surface area contributed by atoms with E-state index < -0.39 is 0 Å². The number of para-hydroxylation sites is 1. The highest BCUT2D eigenvalue weighted by atomic mass is 35.5. The van der Waals surface area contributed by atoms with Gasteiger partial charge in [-0.2, -0.15) is 10.1 Å². The summed E-state index contributed by atoms with van der Waals surface area (Å²) < 4.78 is 0. The van der Waals surface area contributed by atoms with Crippen molar-refractivity contribution in [2.24, 2.45) is 5.10 Å². The number of carbonyl (C=O) groups excluding carboxylic acids is 1. The molecule has 0 saturated carbocycles. The molecule has 2 aromatic carbocycles. The molecule has 0 saturated heterocycles. The smallest absolute Gasteiger partial charge is 0.332 e. The highest BCUT2D eigenvalue weighted by Crippen LogP contribution is 2.48. The van der Waals surface area contributed by atoms with Crippen molar-refractivity contribution in [1.82, 2.24) is 15.2 Å². The largest absolute Gasteiger partial charge is 0.344 e. The molecule has 2 aromatic rings. The summed E-state index contributed by atoms with van der Waals surface area (Å²) in [4.78, 5) is 19.8. The van der Waals surface area contributed by atoms with Gasteiger partial charge in [0.25, 0.3) is 0 Å². The number of urea groups is 1. The van der Waals surface area contributed by atoms with Crippen LogP contribution in [0.2, 0.25) is 5.02 Å². The van der Waals surface area contributed by atoms with Crippen molar-refractivity contribution in [3.05, 3.63) is 111 Å². The van der Waals surface area contributed by atoms with Crippen LogP contribution in [0.5, 0.6) is 0 Å². The Kier molecular flexibility index (Phi) is 5.39. The van der Waals surface area contributed by atoms with E-state index in [9.17, 15) is 4.79 Å². The summed E-state index contributed by atoms with van der Waals surface area (Å²) in [6.45, 7) is 2.47. The summed E-state index contributed by atoms with van der Waals surface area (Å²) >= 11 is 6.60. The van der Waals surface area contributed by atoms with Gasteiger partial charge in [0.15, 0.2) is 5.82 Å². The minimum absolute atomic E-state index is 0.140. The van der Waals surface area contributed by atoms with Crippen molar-refractivity contribution in [1.29, 1.82) is 0 Å². The molecule has 0 bridgehead atoms. The number of fused-ring (bicyclic) bond motifs is 4. The van der Waals surface area contributed by atoms with E-state index in [1.807, 2.05) is 71.5 Å². The van der Waals surface area contributed by atoms with Gasteiger partial charge in [-0.15, -0.1) is 10.5 Å². The number of halogens is 1. The molecule has 4 aliphatic rings. The lowest BCUT2D eigenvalue weighted by Crippen LogP contribution is -2.38. The highest BCUT2D eigenvalue weighted by Gasteiger charge is 2.39. The third-order valence-electron chi connectivity index (χ3n) is 6.44. The maximum absolute atomic E-state index is 13.3. The van der Waals surface area contributed by atoms with Crippen LogP contribution >= 0.6 is 22.1 Å². The predicted octanol–water partition coefficient (Wildman–Crippen LogP) is 5.88. The Bertz CT molecular complexity index is 1430. The number of carbonyl (C=O) groups is 1. The number of rotatable bonds is 3. The van der Waals surface area contributed by atoms with Crippen LogP contribution in [-0.4, -0.2) is 33.5 Å². The second-order valence-corrected chi connectivity index (χ2v) is 11.0. The van der Waals surface area contributed by atoms with E-state index in [2.05, 4.69) is 35.0 Å².